The van der Waals surface area contributed by atoms with Gasteiger partial charge in [-0.2, -0.15) is 26.3 Å². The van der Waals surface area contributed by atoms with E-state index < -0.39 is 40.7 Å². The van der Waals surface area contributed by atoms with Crippen molar-refractivity contribution in [1.29, 1.82) is 0 Å². The molecule has 2 aliphatic heterocycles. The van der Waals surface area contributed by atoms with Gasteiger partial charge in [0.2, 0.25) is 5.91 Å². The number of piperidine rings is 1. The maximum atomic E-state index is 13.5. The lowest BCUT2D eigenvalue weighted by Gasteiger charge is -2.32. The molecule has 1 aromatic carbocycles. The van der Waals surface area contributed by atoms with Gasteiger partial charge in [-0.05, 0) is 61.3 Å². The molecule has 3 rings (SSSR count). The summed E-state index contributed by atoms with van der Waals surface area (Å²) in [4.78, 5) is 32.9. The molecule has 8 nitrogen and oxygen atoms in total. The van der Waals surface area contributed by atoms with Crippen LogP contribution in [0.3, 0.4) is 0 Å². The molecule has 0 bridgehead atoms. The number of ether oxygens (including phenoxy) is 2. The second-order valence-electron chi connectivity index (χ2n) is 9.67. The van der Waals surface area contributed by atoms with Gasteiger partial charge in [-0.25, -0.2) is 4.99 Å². The summed E-state index contributed by atoms with van der Waals surface area (Å²) in [6.07, 6.45) is -6.96. The molecule has 2 heterocycles. The van der Waals surface area contributed by atoms with Crippen LogP contribution in [-0.2, 0) is 33.2 Å². The molecule has 228 valence electrons. The highest BCUT2D eigenvalue weighted by Crippen LogP contribution is 2.38. The molecule has 0 aliphatic carbocycles. The average molecular weight is 611 g/mol. The number of hydrogen-bond donors (Lipinski definition) is 1. The van der Waals surface area contributed by atoms with E-state index in [0.29, 0.717) is 36.9 Å². The molecular weight excluding hydrogens is 578 g/mol. The number of nitrogens with zero attached hydrogens (tertiary/aromatic N) is 3. The third kappa shape index (κ3) is 9.01. The number of methoxy groups -OCH3 is 2. The Hall–Kier alpha value is -2.46. The summed E-state index contributed by atoms with van der Waals surface area (Å²) in [6, 6.07) is 0.504. The number of benzene rings is 1. The number of amides is 2. The van der Waals surface area contributed by atoms with E-state index in [-0.39, 0.29) is 56.1 Å². The van der Waals surface area contributed by atoms with E-state index in [4.69, 9.17) is 15.2 Å². The molecule has 1 atom stereocenters. The number of hydrogen-bond acceptors (Lipinski definition) is 7. The smallest absolute Gasteiger partial charge is 0.383 e. The summed E-state index contributed by atoms with van der Waals surface area (Å²) in [5, 5.41) is -0.505. The van der Waals surface area contributed by atoms with Gasteiger partial charge in [0.15, 0.2) is 0 Å². The van der Waals surface area contributed by atoms with Crippen molar-refractivity contribution in [2.75, 3.05) is 53.6 Å². The fraction of sp³-hybridized carbons (Fsp3) is 0.577. The van der Waals surface area contributed by atoms with E-state index in [1.165, 1.54) is 19.1 Å². The molecule has 0 radical (unpaired) electrons. The second-order valence-corrected chi connectivity index (χ2v) is 10.7. The van der Waals surface area contributed by atoms with Crippen LogP contribution in [-0.4, -0.2) is 86.3 Å². The Labute approximate surface area is 237 Å². The number of allylic oxidation sites excluding steroid dienone is 1. The number of rotatable bonds is 11. The van der Waals surface area contributed by atoms with E-state index in [1.807, 2.05) is 6.08 Å². The van der Waals surface area contributed by atoms with Crippen LogP contribution in [0.2, 0.25) is 0 Å². The average Bonchev–Trinajstić information content (AvgIpc) is 3.27. The predicted molar refractivity (Wildman–Crippen MR) is 141 cm³/mol. The molecule has 0 aromatic heterocycles. The van der Waals surface area contributed by atoms with E-state index in [0.717, 1.165) is 17.8 Å². The first kappa shape index (κ1) is 33.0. The highest BCUT2D eigenvalue weighted by atomic mass is 32.2. The molecule has 2 N–H and O–H groups in total. The minimum atomic E-state index is -4.93. The standard InChI is InChI=1S/C26H32F6N4O4S/c1-39-11-9-36(10-12-40-2)23(37)21(33)22-20(41-24(38)34-22)13-16-5-7-35(8-6-16)15-17-3-4-18(25(27,28)29)14-19(17)26(30,31)32/h3-4,13-14,16,21H,5-12,15,33H2,1-2H3/b20-13-. The lowest BCUT2D eigenvalue weighted by molar-refractivity contribution is -0.143. The number of aliphatic imine (C=N–C) groups is 1. The van der Waals surface area contributed by atoms with Crippen LogP contribution in [0.4, 0.5) is 31.1 Å². The summed E-state index contributed by atoms with van der Waals surface area (Å²) in [6.45, 7) is 1.70. The van der Waals surface area contributed by atoms with E-state index in [9.17, 15) is 35.9 Å². The van der Waals surface area contributed by atoms with Gasteiger partial charge in [-0.1, -0.05) is 12.1 Å². The first-order valence-electron chi connectivity index (χ1n) is 12.8. The summed E-state index contributed by atoms with van der Waals surface area (Å²) < 4.78 is 89.7. The first-order chi connectivity index (χ1) is 19.2. The Kier molecular flexibility index (Phi) is 11.4. The molecule has 1 fully saturated rings. The SMILES string of the molecule is COCCN(CCOC)C(=O)C(N)C1=NC(=O)S/C1=C\C1CCN(Cc2ccc(C(F)(F)F)cc2C(F)(F)F)CC1. The Morgan fingerprint density at radius 2 is 1.73 bits per heavy atom. The molecule has 1 aromatic rings. The number of nitrogens with two attached hydrogens (primary N) is 1. The highest BCUT2D eigenvalue weighted by Gasteiger charge is 2.39. The van der Waals surface area contributed by atoms with Gasteiger partial charge in [-0.15, -0.1) is 0 Å². The molecule has 2 aliphatic rings. The van der Waals surface area contributed by atoms with Gasteiger partial charge in [0.1, 0.15) is 6.04 Å². The van der Waals surface area contributed by atoms with Crippen molar-refractivity contribution in [2.24, 2.45) is 16.6 Å². The molecule has 1 saturated heterocycles. The van der Waals surface area contributed by atoms with Crippen LogP contribution in [0, 0.1) is 5.92 Å². The van der Waals surface area contributed by atoms with Crippen molar-refractivity contribution in [3.8, 4) is 0 Å². The van der Waals surface area contributed by atoms with E-state index in [1.54, 1.807) is 4.90 Å². The minimum Gasteiger partial charge on any atom is -0.383 e. The maximum Gasteiger partial charge on any atom is 0.416 e. The fourth-order valence-corrected chi connectivity index (χ4v) is 5.47. The predicted octanol–water partition coefficient (Wildman–Crippen LogP) is 4.58. The number of thioether (sulfide) groups is 1. The van der Waals surface area contributed by atoms with Crippen molar-refractivity contribution >= 4 is 28.6 Å². The van der Waals surface area contributed by atoms with Gasteiger partial charge in [-0.3, -0.25) is 14.5 Å². The third-order valence-corrected chi connectivity index (χ3v) is 7.65. The Morgan fingerprint density at radius 3 is 2.27 bits per heavy atom. The van der Waals surface area contributed by atoms with Crippen LogP contribution in [0.1, 0.15) is 29.5 Å². The van der Waals surface area contributed by atoms with Gasteiger partial charge in [0, 0.05) is 38.8 Å². The minimum absolute atomic E-state index is 0.0695. The Balaban J connectivity index is 1.67. The normalized spacial score (nSPS) is 19.1. The molecule has 0 saturated carbocycles. The number of carbonyl (C=O) groups is 2. The van der Waals surface area contributed by atoms with Crippen LogP contribution in [0.15, 0.2) is 34.2 Å². The molecule has 2 amide bonds. The number of likely N-dealkylation sites (tertiary alicyclic amines) is 1. The van der Waals surface area contributed by atoms with Crippen LogP contribution < -0.4 is 5.73 Å². The van der Waals surface area contributed by atoms with Gasteiger partial charge in [0.25, 0.3) is 0 Å². The zero-order valence-corrected chi connectivity index (χ0v) is 23.4. The number of halogens is 6. The van der Waals surface area contributed by atoms with Crippen LogP contribution >= 0.6 is 11.8 Å². The summed E-state index contributed by atoms with van der Waals surface area (Å²) in [7, 11) is 3.00. The highest BCUT2D eigenvalue weighted by molar-refractivity contribution is 8.18. The maximum absolute atomic E-state index is 13.5. The van der Waals surface area contributed by atoms with Crippen molar-refractivity contribution in [3.05, 3.63) is 45.9 Å². The number of alkyl halides is 6. The third-order valence-electron chi connectivity index (χ3n) is 6.82. The lowest BCUT2D eigenvalue weighted by atomic mass is 9.94. The van der Waals surface area contributed by atoms with Crippen molar-refractivity contribution in [1.82, 2.24) is 9.80 Å². The van der Waals surface area contributed by atoms with Gasteiger partial charge >= 0.3 is 17.6 Å². The molecule has 15 heteroatoms. The second kappa shape index (κ2) is 14.1. The summed E-state index contributed by atoms with van der Waals surface area (Å²) >= 11 is 0.860. The number of carbonyl (C=O) groups excluding carboxylic acids is 2. The largest absolute Gasteiger partial charge is 0.416 e. The molecule has 1 unspecified atom stereocenters. The lowest BCUT2D eigenvalue weighted by Crippen LogP contribution is -2.50. The van der Waals surface area contributed by atoms with Gasteiger partial charge < -0.3 is 20.1 Å². The van der Waals surface area contributed by atoms with Crippen molar-refractivity contribution in [2.45, 2.75) is 37.8 Å². The summed E-state index contributed by atoms with van der Waals surface area (Å²) in [5.41, 5.74) is 3.51. The molecular formula is C26H32F6N4O4S. The Bertz CT molecular complexity index is 1140. The topological polar surface area (TPSA) is 97.5 Å². The van der Waals surface area contributed by atoms with E-state index >= 15 is 0 Å². The summed E-state index contributed by atoms with van der Waals surface area (Å²) in [5.74, 6) is -0.509. The monoisotopic (exact) mass is 610 g/mol. The molecule has 41 heavy (non-hydrogen) atoms. The Morgan fingerprint density at radius 1 is 1.12 bits per heavy atom. The van der Waals surface area contributed by atoms with Crippen molar-refractivity contribution < 1.29 is 45.4 Å². The van der Waals surface area contributed by atoms with Gasteiger partial charge in [0.05, 0.1) is 30.1 Å². The van der Waals surface area contributed by atoms with Crippen LogP contribution in [0.25, 0.3) is 0 Å². The van der Waals surface area contributed by atoms with E-state index in [2.05, 4.69) is 4.99 Å². The van der Waals surface area contributed by atoms with Crippen LogP contribution in [0.5, 0.6) is 0 Å². The quantitative estimate of drug-likeness (QED) is 0.367. The zero-order valence-electron chi connectivity index (χ0n) is 22.6. The molecule has 0 spiro atoms. The first-order valence-corrected chi connectivity index (χ1v) is 13.6. The van der Waals surface area contributed by atoms with Crippen molar-refractivity contribution in [3.63, 3.8) is 0 Å². The zero-order chi connectivity index (χ0) is 30.4. The fourth-order valence-electron chi connectivity index (χ4n) is 4.60.